The second-order valence-corrected chi connectivity index (χ2v) is 5.33. The van der Waals surface area contributed by atoms with Crippen LogP contribution in [0.2, 0.25) is 0 Å². The van der Waals surface area contributed by atoms with E-state index in [1.807, 2.05) is 4.90 Å². The van der Waals surface area contributed by atoms with Gasteiger partial charge in [0, 0.05) is 24.7 Å². The lowest BCUT2D eigenvalue weighted by atomic mass is 9.90. The number of halogens is 3. The zero-order valence-corrected chi connectivity index (χ0v) is 10.3. The van der Waals surface area contributed by atoms with E-state index in [2.05, 4.69) is 6.92 Å². The summed E-state index contributed by atoms with van der Waals surface area (Å²) in [5, 5.41) is 0. The molecule has 2 nitrogen and oxygen atoms in total. The molecule has 1 fully saturated rings. The Labute approximate surface area is 105 Å². The second kappa shape index (κ2) is 4.90. The zero-order chi connectivity index (χ0) is 13.3. The molecule has 2 rings (SSSR count). The molecule has 1 unspecified atom stereocenters. The van der Waals surface area contributed by atoms with Crippen molar-refractivity contribution < 1.29 is 13.2 Å². The van der Waals surface area contributed by atoms with Crippen LogP contribution in [0.25, 0.3) is 0 Å². The molecule has 0 aromatic heterocycles. The molecule has 5 heteroatoms. The third-order valence-corrected chi connectivity index (χ3v) is 3.61. The minimum absolute atomic E-state index is 0.0368. The van der Waals surface area contributed by atoms with E-state index >= 15 is 0 Å². The van der Waals surface area contributed by atoms with Crippen molar-refractivity contribution in [2.45, 2.75) is 19.9 Å². The molecular formula is C13H17F3N2. The Balaban J connectivity index is 2.09. The Morgan fingerprint density at radius 3 is 2.50 bits per heavy atom. The normalized spacial score (nSPS) is 24.7. The minimum Gasteiger partial charge on any atom is -0.330 e. The summed E-state index contributed by atoms with van der Waals surface area (Å²) in [6.45, 7) is 4.49. The van der Waals surface area contributed by atoms with Crippen molar-refractivity contribution >= 4 is 0 Å². The van der Waals surface area contributed by atoms with Gasteiger partial charge >= 0.3 is 0 Å². The molecule has 0 bridgehead atoms. The lowest BCUT2D eigenvalue weighted by Gasteiger charge is -2.22. The van der Waals surface area contributed by atoms with Crippen molar-refractivity contribution in [2.75, 3.05) is 19.6 Å². The molecule has 2 N–H and O–H groups in total. The lowest BCUT2D eigenvalue weighted by molar-refractivity contribution is 0.270. The van der Waals surface area contributed by atoms with Crippen LogP contribution in [-0.4, -0.2) is 24.5 Å². The number of nitrogens with two attached hydrogens (primary N) is 1. The van der Waals surface area contributed by atoms with Gasteiger partial charge in [-0.2, -0.15) is 0 Å². The maximum Gasteiger partial charge on any atom is 0.161 e. The van der Waals surface area contributed by atoms with Gasteiger partial charge < -0.3 is 5.73 Å². The Hall–Kier alpha value is -1.07. The highest BCUT2D eigenvalue weighted by Gasteiger charge is 2.32. The molecule has 1 aliphatic rings. The molecule has 0 spiro atoms. The van der Waals surface area contributed by atoms with Gasteiger partial charge in [-0.15, -0.1) is 0 Å². The van der Waals surface area contributed by atoms with E-state index in [4.69, 9.17) is 5.73 Å². The largest absolute Gasteiger partial charge is 0.330 e. The van der Waals surface area contributed by atoms with E-state index in [1.54, 1.807) is 0 Å². The average Bonchev–Trinajstić information content (AvgIpc) is 2.69. The molecule has 1 aromatic rings. The first-order chi connectivity index (χ1) is 8.43. The van der Waals surface area contributed by atoms with Gasteiger partial charge in [-0.1, -0.05) is 6.92 Å². The van der Waals surface area contributed by atoms with Crippen LogP contribution in [0, 0.1) is 22.9 Å². The van der Waals surface area contributed by atoms with Crippen LogP contribution in [0.4, 0.5) is 13.2 Å². The van der Waals surface area contributed by atoms with Crippen LogP contribution < -0.4 is 5.73 Å². The van der Waals surface area contributed by atoms with Crippen LogP contribution in [0.3, 0.4) is 0 Å². The van der Waals surface area contributed by atoms with Gasteiger partial charge in [0.05, 0.1) is 0 Å². The molecule has 1 atom stereocenters. The maximum absolute atomic E-state index is 13.5. The van der Waals surface area contributed by atoms with Crippen LogP contribution in [0.15, 0.2) is 12.1 Å². The van der Waals surface area contributed by atoms with E-state index in [0.717, 1.165) is 25.6 Å². The van der Waals surface area contributed by atoms with Crippen LogP contribution >= 0.6 is 0 Å². The van der Waals surface area contributed by atoms with Gasteiger partial charge in [-0.25, -0.2) is 13.2 Å². The van der Waals surface area contributed by atoms with Gasteiger partial charge in [0.2, 0.25) is 0 Å². The first kappa shape index (κ1) is 13.4. The van der Waals surface area contributed by atoms with Crippen molar-refractivity contribution in [3.63, 3.8) is 0 Å². The molecule has 18 heavy (non-hydrogen) atoms. The number of benzene rings is 1. The summed E-state index contributed by atoms with van der Waals surface area (Å²) in [6, 6.07) is 1.53. The quantitative estimate of drug-likeness (QED) is 0.843. The Morgan fingerprint density at radius 2 is 1.89 bits per heavy atom. The standard InChI is InChI=1S/C13H17F3N2/c1-13(7-17)2-3-18(8-13)6-9-4-11(15)12(16)5-10(9)14/h4-5H,2-3,6-8,17H2,1H3. The van der Waals surface area contributed by atoms with Crippen LogP contribution in [-0.2, 0) is 6.54 Å². The van der Waals surface area contributed by atoms with Crippen molar-refractivity contribution in [3.05, 3.63) is 35.1 Å². The number of rotatable bonds is 3. The first-order valence-electron chi connectivity index (χ1n) is 5.99. The summed E-state index contributed by atoms with van der Waals surface area (Å²) in [7, 11) is 0. The predicted octanol–water partition coefficient (Wildman–Crippen LogP) is 2.27. The molecule has 1 saturated heterocycles. The van der Waals surface area contributed by atoms with Gasteiger partial charge in [-0.05, 0) is 31.0 Å². The van der Waals surface area contributed by atoms with Crippen molar-refractivity contribution in [1.29, 1.82) is 0 Å². The average molecular weight is 258 g/mol. The van der Waals surface area contributed by atoms with Crippen molar-refractivity contribution in [2.24, 2.45) is 11.1 Å². The fourth-order valence-electron chi connectivity index (χ4n) is 2.35. The third-order valence-electron chi connectivity index (χ3n) is 3.61. The van der Waals surface area contributed by atoms with E-state index in [1.165, 1.54) is 0 Å². The Bertz CT molecular complexity index is 450. The molecular weight excluding hydrogens is 241 g/mol. The smallest absolute Gasteiger partial charge is 0.161 e. The van der Waals surface area contributed by atoms with E-state index in [9.17, 15) is 13.2 Å². The van der Waals surface area contributed by atoms with Gasteiger partial charge in [-0.3, -0.25) is 4.90 Å². The van der Waals surface area contributed by atoms with Gasteiger partial charge in [0.15, 0.2) is 11.6 Å². The summed E-state index contributed by atoms with van der Waals surface area (Å²) in [4.78, 5) is 2.02. The summed E-state index contributed by atoms with van der Waals surface area (Å²) >= 11 is 0. The topological polar surface area (TPSA) is 29.3 Å². The SMILES string of the molecule is CC1(CN)CCN(Cc2cc(F)c(F)cc2F)C1. The fraction of sp³-hybridized carbons (Fsp3) is 0.538. The minimum atomic E-state index is -1.15. The van der Waals surface area contributed by atoms with Gasteiger partial charge in [0.25, 0.3) is 0 Å². The molecule has 1 heterocycles. The molecule has 100 valence electrons. The lowest BCUT2D eigenvalue weighted by Crippen LogP contribution is -2.31. The predicted molar refractivity (Wildman–Crippen MR) is 63.4 cm³/mol. The Morgan fingerprint density at radius 1 is 1.22 bits per heavy atom. The van der Waals surface area contributed by atoms with Crippen LogP contribution in [0.1, 0.15) is 18.9 Å². The van der Waals surface area contributed by atoms with Gasteiger partial charge in [0.1, 0.15) is 5.82 Å². The number of hydrogen-bond donors (Lipinski definition) is 1. The monoisotopic (exact) mass is 258 g/mol. The van der Waals surface area contributed by atoms with Crippen molar-refractivity contribution in [3.8, 4) is 0 Å². The molecule has 0 amide bonds. The molecule has 0 radical (unpaired) electrons. The summed E-state index contributed by atoms with van der Waals surface area (Å²) in [5.41, 5.74) is 5.91. The highest BCUT2D eigenvalue weighted by molar-refractivity contribution is 5.20. The molecule has 0 aliphatic carbocycles. The molecule has 1 aliphatic heterocycles. The molecule has 0 saturated carbocycles. The third kappa shape index (κ3) is 2.67. The number of nitrogens with zero attached hydrogens (tertiary/aromatic N) is 1. The van der Waals surface area contributed by atoms with Crippen LogP contribution in [0.5, 0.6) is 0 Å². The summed E-state index contributed by atoms with van der Waals surface area (Å²) in [6.07, 6.45) is 0.939. The van der Waals surface area contributed by atoms with Crippen molar-refractivity contribution in [1.82, 2.24) is 4.90 Å². The summed E-state index contributed by atoms with van der Waals surface area (Å²) in [5.74, 6) is -2.85. The highest BCUT2D eigenvalue weighted by atomic mass is 19.2. The first-order valence-corrected chi connectivity index (χ1v) is 5.99. The number of hydrogen-bond acceptors (Lipinski definition) is 2. The second-order valence-electron chi connectivity index (χ2n) is 5.33. The Kier molecular flexibility index (Phi) is 3.64. The number of likely N-dealkylation sites (tertiary alicyclic amines) is 1. The molecule has 1 aromatic carbocycles. The van der Waals surface area contributed by atoms with E-state index in [-0.39, 0.29) is 11.0 Å². The fourth-order valence-corrected chi connectivity index (χ4v) is 2.35. The maximum atomic E-state index is 13.5. The van der Waals surface area contributed by atoms with E-state index in [0.29, 0.717) is 19.2 Å². The zero-order valence-electron chi connectivity index (χ0n) is 10.3. The van der Waals surface area contributed by atoms with E-state index < -0.39 is 17.5 Å². The summed E-state index contributed by atoms with van der Waals surface area (Å²) < 4.78 is 39.4. The highest BCUT2D eigenvalue weighted by Crippen LogP contribution is 2.30.